The van der Waals surface area contributed by atoms with Gasteiger partial charge < -0.3 is 14.6 Å². The number of carboxylic acid groups (broad SMARTS) is 1. The van der Waals surface area contributed by atoms with Gasteiger partial charge in [0.2, 0.25) is 0 Å². The van der Waals surface area contributed by atoms with Crippen molar-refractivity contribution in [1.82, 2.24) is 0 Å². The number of ether oxygens (including phenoxy) is 2. The number of hydrogen-bond donors (Lipinski definition) is 1. The summed E-state index contributed by atoms with van der Waals surface area (Å²) in [5, 5.41) is 8.38. The van der Waals surface area contributed by atoms with Crippen molar-refractivity contribution in [3.05, 3.63) is 35.9 Å². The summed E-state index contributed by atoms with van der Waals surface area (Å²) in [6, 6.07) is 8.30. The molecule has 1 rings (SSSR count). The van der Waals surface area contributed by atoms with Crippen LogP contribution in [0.15, 0.2) is 30.3 Å². The lowest BCUT2D eigenvalue weighted by atomic mass is 10.2. The lowest BCUT2D eigenvalue weighted by molar-refractivity contribution is -0.0860. The van der Waals surface area contributed by atoms with Gasteiger partial charge in [0, 0.05) is 6.42 Å². The van der Waals surface area contributed by atoms with Crippen molar-refractivity contribution in [3.8, 4) is 0 Å². The minimum atomic E-state index is -1.47. The number of rotatable bonds is 4. The van der Waals surface area contributed by atoms with E-state index in [9.17, 15) is 9.59 Å². The molecular weight excluding hydrogens is 212 g/mol. The number of benzene rings is 1. The maximum atomic E-state index is 11.5. The van der Waals surface area contributed by atoms with Crippen LogP contribution in [-0.2, 0) is 9.47 Å². The van der Waals surface area contributed by atoms with Crippen LogP contribution < -0.4 is 0 Å². The molecule has 0 aromatic heterocycles. The lowest BCUT2D eigenvalue weighted by Crippen LogP contribution is -2.23. The van der Waals surface area contributed by atoms with Crippen LogP contribution in [-0.4, -0.2) is 23.5 Å². The Kier molecular flexibility index (Phi) is 4.32. The molecule has 0 aliphatic heterocycles. The molecule has 0 spiro atoms. The first-order valence-electron chi connectivity index (χ1n) is 4.79. The molecule has 1 aromatic rings. The molecule has 0 heterocycles. The minimum Gasteiger partial charge on any atom is -0.450 e. The van der Waals surface area contributed by atoms with Crippen LogP contribution in [0.5, 0.6) is 0 Å². The molecule has 1 unspecified atom stereocenters. The van der Waals surface area contributed by atoms with Gasteiger partial charge in [-0.3, -0.25) is 0 Å². The number of hydrogen-bond acceptors (Lipinski definition) is 4. The van der Waals surface area contributed by atoms with Gasteiger partial charge in [0.1, 0.15) is 0 Å². The highest BCUT2D eigenvalue weighted by Gasteiger charge is 2.17. The standard InChI is InChI=1S/C11H12O5/c1-2-9(16-11(13)14)15-10(12)8-6-4-3-5-7-8/h3-7,9H,2H2,1H3,(H,13,14). The lowest BCUT2D eigenvalue weighted by Gasteiger charge is -2.14. The van der Waals surface area contributed by atoms with Crippen molar-refractivity contribution in [2.45, 2.75) is 19.6 Å². The van der Waals surface area contributed by atoms with Crippen LogP contribution in [0, 0.1) is 0 Å². The van der Waals surface area contributed by atoms with Gasteiger partial charge in [-0.05, 0) is 12.1 Å². The summed E-state index contributed by atoms with van der Waals surface area (Å²) in [4.78, 5) is 21.8. The minimum absolute atomic E-state index is 0.269. The summed E-state index contributed by atoms with van der Waals surface area (Å²) < 4.78 is 9.22. The van der Waals surface area contributed by atoms with Crippen molar-refractivity contribution in [2.75, 3.05) is 0 Å². The zero-order chi connectivity index (χ0) is 12.0. The van der Waals surface area contributed by atoms with Gasteiger partial charge in [0.15, 0.2) is 0 Å². The van der Waals surface area contributed by atoms with Crippen LogP contribution in [0.4, 0.5) is 4.79 Å². The fourth-order valence-corrected chi connectivity index (χ4v) is 1.06. The second-order valence-electron chi connectivity index (χ2n) is 2.99. The van der Waals surface area contributed by atoms with Crippen molar-refractivity contribution in [2.24, 2.45) is 0 Å². The molecule has 5 nitrogen and oxygen atoms in total. The molecule has 0 bridgehead atoms. The van der Waals surface area contributed by atoms with E-state index in [-0.39, 0.29) is 6.42 Å². The summed E-state index contributed by atoms with van der Waals surface area (Å²) in [6.07, 6.45) is -2.26. The van der Waals surface area contributed by atoms with Crippen molar-refractivity contribution >= 4 is 12.1 Å². The van der Waals surface area contributed by atoms with Crippen LogP contribution in [0.25, 0.3) is 0 Å². The average molecular weight is 224 g/mol. The predicted octanol–water partition coefficient (Wildman–Crippen LogP) is 2.27. The van der Waals surface area contributed by atoms with Gasteiger partial charge in [0.05, 0.1) is 5.56 Å². The Hall–Kier alpha value is -2.04. The quantitative estimate of drug-likeness (QED) is 0.627. The highest BCUT2D eigenvalue weighted by atomic mass is 16.8. The van der Waals surface area contributed by atoms with E-state index in [4.69, 9.17) is 9.84 Å². The van der Waals surface area contributed by atoms with Crippen molar-refractivity contribution in [3.63, 3.8) is 0 Å². The van der Waals surface area contributed by atoms with Crippen molar-refractivity contribution in [1.29, 1.82) is 0 Å². The van der Waals surface area contributed by atoms with Crippen LogP contribution in [0.1, 0.15) is 23.7 Å². The van der Waals surface area contributed by atoms with Gasteiger partial charge in [-0.1, -0.05) is 25.1 Å². The van der Waals surface area contributed by atoms with E-state index < -0.39 is 18.4 Å². The molecular formula is C11H12O5. The second kappa shape index (κ2) is 5.75. The van der Waals surface area contributed by atoms with E-state index >= 15 is 0 Å². The van der Waals surface area contributed by atoms with Crippen LogP contribution in [0.2, 0.25) is 0 Å². The number of esters is 1. The molecule has 0 saturated heterocycles. The molecule has 0 aliphatic carbocycles. The third-order valence-electron chi connectivity index (χ3n) is 1.81. The topological polar surface area (TPSA) is 72.8 Å². The van der Waals surface area contributed by atoms with E-state index in [1.165, 1.54) is 0 Å². The van der Waals surface area contributed by atoms with Gasteiger partial charge >= 0.3 is 12.1 Å². The van der Waals surface area contributed by atoms with Crippen LogP contribution in [0.3, 0.4) is 0 Å². The highest BCUT2D eigenvalue weighted by molar-refractivity contribution is 5.89. The molecule has 0 fully saturated rings. The SMILES string of the molecule is CCC(OC(=O)O)OC(=O)c1ccccc1. The van der Waals surface area contributed by atoms with E-state index in [2.05, 4.69) is 4.74 Å². The molecule has 5 heteroatoms. The first-order valence-corrected chi connectivity index (χ1v) is 4.79. The maximum Gasteiger partial charge on any atom is 0.508 e. The Morgan fingerprint density at radius 2 is 1.88 bits per heavy atom. The summed E-state index contributed by atoms with van der Waals surface area (Å²) in [5.41, 5.74) is 0.356. The summed E-state index contributed by atoms with van der Waals surface area (Å²) in [6.45, 7) is 1.66. The first kappa shape index (κ1) is 12.0. The number of carbonyl (C=O) groups excluding carboxylic acids is 1. The number of carbonyl (C=O) groups is 2. The zero-order valence-corrected chi connectivity index (χ0v) is 8.75. The van der Waals surface area contributed by atoms with E-state index in [1.54, 1.807) is 37.3 Å². The Morgan fingerprint density at radius 1 is 1.25 bits per heavy atom. The van der Waals surface area contributed by atoms with E-state index in [0.29, 0.717) is 5.56 Å². The van der Waals surface area contributed by atoms with Gasteiger partial charge in [-0.25, -0.2) is 9.59 Å². The third-order valence-corrected chi connectivity index (χ3v) is 1.81. The Morgan fingerprint density at radius 3 is 2.38 bits per heavy atom. The molecule has 0 radical (unpaired) electrons. The zero-order valence-electron chi connectivity index (χ0n) is 8.75. The second-order valence-corrected chi connectivity index (χ2v) is 2.99. The van der Waals surface area contributed by atoms with Gasteiger partial charge in [-0.2, -0.15) is 0 Å². The molecule has 86 valence electrons. The molecule has 1 aromatic carbocycles. The van der Waals surface area contributed by atoms with Crippen molar-refractivity contribution < 1.29 is 24.2 Å². The van der Waals surface area contributed by atoms with Gasteiger partial charge in [0.25, 0.3) is 6.29 Å². The summed E-state index contributed by atoms with van der Waals surface area (Å²) in [7, 11) is 0. The Labute approximate surface area is 92.6 Å². The first-order chi connectivity index (χ1) is 7.63. The molecule has 1 N–H and O–H groups in total. The summed E-state index contributed by atoms with van der Waals surface area (Å²) >= 11 is 0. The fourth-order valence-electron chi connectivity index (χ4n) is 1.06. The smallest absolute Gasteiger partial charge is 0.450 e. The Bertz CT molecular complexity index is 360. The molecule has 0 amide bonds. The fraction of sp³-hybridized carbons (Fsp3) is 0.273. The third kappa shape index (κ3) is 3.61. The highest BCUT2D eigenvalue weighted by Crippen LogP contribution is 2.07. The Balaban J connectivity index is 2.59. The van der Waals surface area contributed by atoms with Gasteiger partial charge in [-0.15, -0.1) is 0 Å². The van der Waals surface area contributed by atoms with E-state index in [0.717, 1.165) is 0 Å². The molecule has 0 aliphatic rings. The molecule has 0 saturated carbocycles. The summed E-state index contributed by atoms with van der Waals surface area (Å²) in [5.74, 6) is -0.603. The largest absolute Gasteiger partial charge is 0.508 e. The average Bonchev–Trinajstić information content (AvgIpc) is 2.28. The van der Waals surface area contributed by atoms with E-state index in [1.807, 2.05) is 0 Å². The van der Waals surface area contributed by atoms with Crippen LogP contribution >= 0.6 is 0 Å². The monoisotopic (exact) mass is 224 g/mol. The predicted molar refractivity (Wildman–Crippen MR) is 55.0 cm³/mol. The molecule has 16 heavy (non-hydrogen) atoms. The normalized spacial score (nSPS) is 11.6. The maximum absolute atomic E-state index is 11.5. The molecule has 1 atom stereocenters.